The van der Waals surface area contributed by atoms with E-state index < -0.39 is 11.7 Å². The zero-order valence-corrected chi connectivity index (χ0v) is 17.6. The summed E-state index contributed by atoms with van der Waals surface area (Å²) in [7, 11) is 1.62. The van der Waals surface area contributed by atoms with Crippen LogP contribution in [-0.2, 0) is 4.79 Å². The lowest BCUT2D eigenvalue weighted by molar-refractivity contribution is -0.128. The highest BCUT2D eigenvalue weighted by Gasteiger charge is 2.35. The lowest BCUT2D eigenvalue weighted by Gasteiger charge is -2.38. The highest BCUT2D eigenvalue weighted by atomic mass is 35.5. The summed E-state index contributed by atoms with van der Waals surface area (Å²) in [6.45, 7) is 7.65. The Hall–Kier alpha value is -2.40. The molecule has 5 nitrogen and oxygen atoms in total. The van der Waals surface area contributed by atoms with Crippen LogP contribution in [0.5, 0.6) is 17.2 Å². The molecule has 1 aliphatic heterocycles. The molecule has 150 valence electrons. The van der Waals surface area contributed by atoms with Crippen molar-refractivity contribution >= 4 is 17.5 Å². The SMILES string of the molecule is COc1ccc2c(c1)[C@H](NC(=O)[C@@H](C)Oc1ccc(Cl)c(C)c1)CC(C)(C)O2. The summed E-state index contributed by atoms with van der Waals surface area (Å²) in [5.41, 5.74) is 1.41. The molecule has 6 heteroatoms. The number of ether oxygens (including phenoxy) is 3. The Bertz CT molecular complexity index is 881. The van der Waals surface area contributed by atoms with Gasteiger partial charge in [-0.1, -0.05) is 11.6 Å². The number of rotatable bonds is 5. The van der Waals surface area contributed by atoms with Crippen LogP contribution in [0.2, 0.25) is 5.02 Å². The molecule has 2 atom stereocenters. The van der Waals surface area contributed by atoms with E-state index in [1.54, 1.807) is 26.2 Å². The number of hydrogen-bond donors (Lipinski definition) is 1. The number of halogens is 1. The molecule has 0 saturated heterocycles. The minimum atomic E-state index is -0.652. The summed E-state index contributed by atoms with van der Waals surface area (Å²) in [6, 6.07) is 10.8. The van der Waals surface area contributed by atoms with Crippen LogP contribution in [0.15, 0.2) is 36.4 Å². The van der Waals surface area contributed by atoms with Gasteiger partial charge in [0.2, 0.25) is 0 Å². The number of fused-ring (bicyclic) bond motifs is 1. The lowest BCUT2D eigenvalue weighted by Crippen LogP contribution is -2.44. The third-order valence-electron chi connectivity index (χ3n) is 4.80. The van der Waals surface area contributed by atoms with Gasteiger partial charge in [-0.05, 0) is 69.7 Å². The van der Waals surface area contributed by atoms with Crippen LogP contribution in [0.4, 0.5) is 0 Å². The number of methoxy groups -OCH3 is 1. The van der Waals surface area contributed by atoms with Gasteiger partial charge in [-0.3, -0.25) is 4.79 Å². The molecule has 0 aliphatic carbocycles. The van der Waals surface area contributed by atoms with Crippen molar-refractivity contribution in [2.24, 2.45) is 0 Å². The second kappa shape index (κ2) is 7.92. The number of nitrogens with one attached hydrogen (secondary N) is 1. The van der Waals surface area contributed by atoms with E-state index in [1.807, 2.05) is 45.0 Å². The molecule has 28 heavy (non-hydrogen) atoms. The predicted molar refractivity (Wildman–Crippen MR) is 109 cm³/mol. The Morgan fingerprint density at radius 3 is 2.64 bits per heavy atom. The van der Waals surface area contributed by atoms with Crippen LogP contribution in [-0.4, -0.2) is 24.7 Å². The Kier molecular flexibility index (Phi) is 5.75. The maximum atomic E-state index is 12.8. The first kappa shape index (κ1) is 20.3. The molecule has 1 aliphatic rings. The Balaban J connectivity index is 1.76. The van der Waals surface area contributed by atoms with Crippen molar-refractivity contribution in [1.29, 1.82) is 0 Å². The highest BCUT2D eigenvalue weighted by Crippen LogP contribution is 2.41. The lowest BCUT2D eigenvalue weighted by atomic mass is 9.89. The maximum Gasteiger partial charge on any atom is 0.261 e. The van der Waals surface area contributed by atoms with E-state index >= 15 is 0 Å². The molecule has 0 aromatic heterocycles. The molecular formula is C22H26ClNO4. The van der Waals surface area contributed by atoms with Crippen molar-refractivity contribution in [3.8, 4) is 17.2 Å². The summed E-state index contributed by atoms with van der Waals surface area (Å²) in [4.78, 5) is 12.8. The molecule has 0 saturated carbocycles. The van der Waals surface area contributed by atoms with Gasteiger partial charge in [-0.2, -0.15) is 0 Å². The van der Waals surface area contributed by atoms with Crippen LogP contribution < -0.4 is 19.5 Å². The fraction of sp³-hybridized carbons (Fsp3) is 0.409. The first-order valence-corrected chi connectivity index (χ1v) is 9.66. The molecule has 3 rings (SSSR count). The molecule has 1 amide bonds. The first-order chi connectivity index (χ1) is 13.2. The van der Waals surface area contributed by atoms with Crippen molar-refractivity contribution in [1.82, 2.24) is 5.32 Å². The second-order valence-electron chi connectivity index (χ2n) is 7.70. The van der Waals surface area contributed by atoms with Crippen LogP contribution in [0.1, 0.15) is 44.4 Å². The van der Waals surface area contributed by atoms with Crippen molar-refractivity contribution in [2.45, 2.75) is 51.9 Å². The molecule has 0 radical (unpaired) electrons. The number of carbonyl (C=O) groups excluding carboxylic acids is 1. The summed E-state index contributed by atoms with van der Waals surface area (Å²) >= 11 is 6.05. The molecule has 0 spiro atoms. The molecule has 1 heterocycles. The van der Waals surface area contributed by atoms with Crippen molar-refractivity contribution in [3.63, 3.8) is 0 Å². The van der Waals surface area contributed by atoms with Gasteiger partial charge < -0.3 is 19.5 Å². The number of benzene rings is 2. The van der Waals surface area contributed by atoms with Crippen molar-refractivity contribution in [3.05, 3.63) is 52.5 Å². The Morgan fingerprint density at radius 1 is 1.25 bits per heavy atom. The predicted octanol–water partition coefficient (Wildman–Crippen LogP) is 4.84. The Labute approximate surface area is 170 Å². The van der Waals surface area contributed by atoms with Gasteiger partial charge in [-0.25, -0.2) is 0 Å². The molecule has 0 unspecified atom stereocenters. The van der Waals surface area contributed by atoms with Crippen LogP contribution >= 0.6 is 11.6 Å². The van der Waals surface area contributed by atoms with E-state index in [9.17, 15) is 4.79 Å². The van der Waals surface area contributed by atoms with Gasteiger partial charge in [0.25, 0.3) is 5.91 Å². The molecule has 1 N–H and O–H groups in total. The van der Waals surface area contributed by atoms with Crippen LogP contribution in [0.25, 0.3) is 0 Å². The maximum absolute atomic E-state index is 12.8. The van der Waals surface area contributed by atoms with E-state index in [0.29, 0.717) is 17.2 Å². The molecule has 2 aromatic carbocycles. The fourth-order valence-electron chi connectivity index (χ4n) is 3.33. The Morgan fingerprint density at radius 2 is 1.96 bits per heavy atom. The topological polar surface area (TPSA) is 56.8 Å². The van der Waals surface area contributed by atoms with Gasteiger partial charge in [0, 0.05) is 17.0 Å². The number of amides is 1. The standard InChI is InChI=1S/C22H26ClNO4/c1-13-10-16(6-8-18(13)23)27-14(2)21(25)24-19-12-22(3,4)28-20-9-7-15(26-5)11-17(19)20/h6-11,14,19H,12H2,1-5H3,(H,24,25)/t14-,19-/m1/s1. The number of aryl methyl sites for hydroxylation is 1. The quantitative estimate of drug-likeness (QED) is 0.775. The van der Waals surface area contributed by atoms with E-state index in [0.717, 1.165) is 22.6 Å². The van der Waals surface area contributed by atoms with Crippen molar-refractivity contribution in [2.75, 3.05) is 7.11 Å². The molecule has 0 bridgehead atoms. The molecule has 0 fully saturated rings. The van der Waals surface area contributed by atoms with Crippen molar-refractivity contribution < 1.29 is 19.0 Å². The summed E-state index contributed by atoms with van der Waals surface area (Å²) in [6.07, 6.45) is -0.00771. The van der Waals surface area contributed by atoms with Gasteiger partial charge in [0.1, 0.15) is 22.8 Å². The van der Waals surface area contributed by atoms with E-state index in [2.05, 4.69) is 5.32 Å². The minimum Gasteiger partial charge on any atom is -0.497 e. The smallest absolute Gasteiger partial charge is 0.261 e. The summed E-state index contributed by atoms with van der Waals surface area (Å²) in [5.74, 6) is 1.90. The minimum absolute atomic E-state index is 0.191. The zero-order valence-electron chi connectivity index (χ0n) is 16.8. The first-order valence-electron chi connectivity index (χ1n) is 9.28. The average Bonchev–Trinajstić information content (AvgIpc) is 2.63. The van der Waals surface area contributed by atoms with Gasteiger partial charge in [0.05, 0.1) is 13.2 Å². The van der Waals surface area contributed by atoms with E-state index in [-0.39, 0.29) is 11.9 Å². The zero-order chi connectivity index (χ0) is 20.5. The van der Waals surface area contributed by atoms with E-state index in [1.165, 1.54) is 0 Å². The molecular weight excluding hydrogens is 378 g/mol. The highest BCUT2D eigenvalue weighted by molar-refractivity contribution is 6.31. The molecule has 2 aromatic rings. The summed E-state index contributed by atoms with van der Waals surface area (Å²) in [5, 5.41) is 3.77. The number of hydrogen-bond acceptors (Lipinski definition) is 4. The largest absolute Gasteiger partial charge is 0.497 e. The van der Waals surface area contributed by atoms with Crippen LogP contribution in [0, 0.1) is 6.92 Å². The monoisotopic (exact) mass is 403 g/mol. The summed E-state index contributed by atoms with van der Waals surface area (Å²) < 4.78 is 17.2. The van der Waals surface area contributed by atoms with Gasteiger partial charge in [0.15, 0.2) is 6.10 Å². The normalized spacial score (nSPS) is 18.4. The van der Waals surface area contributed by atoms with Gasteiger partial charge in [-0.15, -0.1) is 0 Å². The van der Waals surface area contributed by atoms with E-state index in [4.69, 9.17) is 25.8 Å². The van der Waals surface area contributed by atoms with Gasteiger partial charge >= 0.3 is 0 Å². The third kappa shape index (κ3) is 4.53. The third-order valence-corrected chi connectivity index (χ3v) is 5.23. The van der Waals surface area contributed by atoms with Crippen LogP contribution in [0.3, 0.4) is 0 Å². The fourth-order valence-corrected chi connectivity index (χ4v) is 3.44. The number of carbonyl (C=O) groups is 1. The second-order valence-corrected chi connectivity index (χ2v) is 8.11. The average molecular weight is 404 g/mol.